The van der Waals surface area contributed by atoms with Crippen molar-refractivity contribution < 1.29 is 4.52 Å². The van der Waals surface area contributed by atoms with E-state index in [-0.39, 0.29) is 12.4 Å². The van der Waals surface area contributed by atoms with Gasteiger partial charge >= 0.3 is 0 Å². The lowest BCUT2D eigenvalue weighted by Gasteiger charge is -2.32. The molecular weight excluding hydrogens is 214 g/mol. The minimum Gasteiger partial charge on any atom is -0.362 e. The van der Waals surface area contributed by atoms with Crippen molar-refractivity contribution in [3.05, 3.63) is 11.8 Å². The van der Waals surface area contributed by atoms with Crippen LogP contribution in [0.25, 0.3) is 0 Å². The fourth-order valence-corrected chi connectivity index (χ4v) is 1.99. The summed E-state index contributed by atoms with van der Waals surface area (Å²) in [6.07, 6.45) is 4.18. The zero-order valence-corrected chi connectivity index (χ0v) is 10.0. The first kappa shape index (κ1) is 12.3. The van der Waals surface area contributed by atoms with Gasteiger partial charge in [0, 0.05) is 24.7 Å². The lowest BCUT2D eigenvalue weighted by Crippen LogP contribution is -2.44. The summed E-state index contributed by atoms with van der Waals surface area (Å²) in [7, 11) is 2.02. The van der Waals surface area contributed by atoms with E-state index in [1.54, 1.807) is 6.26 Å². The molecule has 0 radical (unpaired) electrons. The van der Waals surface area contributed by atoms with Crippen molar-refractivity contribution >= 4 is 18.2 Å². The highest BCUT2D eigenvalue weighted by Crippen LogP contribution is 2.21. The number of nitrogens with one attached hydrogen (secondary N) is 1. The molecule has 5 heteroatoms. The van der Waals surface area contributed by atoms with Crippen LogP contribution in [-0.2, 0) is 0 Å². The summed E-state index contributed by atoms with van der Waals surface area (Å²) in [6, 6.07) is 0.583. The van der Waals surface area contributed by atoms with E-state index in [0.717, 1.165) is 24.5 Å². The molecule has 2 heterocycles. The topological polar surface area (TPSA) is 41.3 Å². The van der Waals surface area contributed by atoms with Crippen molar-refractivity contribution in [2.75, 3.05) is 25.0 Å². The molecule has 2 rings (SSSR count). The Morgan fingerprint density at radius 2 is 2.40 bits per heavy atom. The number of hydrogen-bond acceptors (Lipinski definition) is 4. The van der Waals surface area contributed by atoms with Crippen molar-refractivity contribution in [3.63, 3.8) is 0 Å². The van der Waals surface area contributed by atoms with Crippen molar-refractivity contribution in [3.8, 4) is 0 Å². The summed E-state index contributed by atoms with van der Waals surface area (Å²) in [4.78, 5) is 2.30. The van der Waals surface area contributed by atoms with Crippen LogP contribution in [0, 0.1) is 6.92 Å². The van der Waals surface area contributed by atoms with Crippen LogP contribution in [0.4, 0.5) is 5.82 Å². The summed E-state index contributed by atoms with van der Waals surface area (Å²) in [6.45, 7) is 4.16. The Labute approximate surface area is 96.4 Å². The maximum atomic E-state index is 4.96. The Hall–Kier alpha value is -0.740. The lowest BCUT2D eigenvalue weighted by atomic mass is 10.1. The molecule has 1 fully saturated rings. The van der Waals surface area contributed by atoms with Crippen LogP contribution in [0.1, 0.15) is 18.4 Å². The molecule has 15 heavy (non-hydrogen) atoms. The van der Waals surface area contributed by atoms with E-state index in [4.69, 9.17) is 4.52 Å². The van der Waals surface area contributed by atoms with E-state index in [1.807, 2.05) is 14.0 Å². The molecule has 0 amide bonds. The van der Waals surface area contributed by atoms with Crippen LogP contribution in [0.3, 0.4) is 0 Å². The largest absolute Gasteiger partial charge is 0.362 e. The van der Waals surface area contributed by atoms with Gasteiger partial charge < -0.3 is 14.7 Å². The van der Waals surface area contributed by atoms with E-state index < -0.39 is 0 Å². The second-order valence-corrected chi connectivity index (χ2v) is 3.90. The van der Waals surface area contributed by atoms with Gasteiger partial charge in [-0.25, -0.2) is 0 Å². The number of rotatable bonds is 2. The predicted molar refractivity (Wildman–Crippen MR) is 62.8 cm³/mol. The first-order chi connectivity index (χ1) is 6.81. The van der Waals surface area contributed by atoms with Crippen LogP contribution < -0.4 is 10.2 Å². The fourth-order valence-electron chi connectivity index (χ4n) is 1.99. The van der Waals surface area contributed by atoms with Gasteiger partial charge in [0.2, 0.25) is 0 Å². The Balaban J connectivity index is 0.00000112. The fraction of sp³-hybridized carbons (Fsp3) is 0.700. The average Bonchev–Trinajstić information content (AvgIpc) is 2.65. The third-order valence-corrected chi connectivity index (χ3v) is 2.85. The smallest absolute Gasteiger partial charge is 0.174 e. The van der Waals surface area contributed by atoms with Crippen LogP contribution >= 0.6 is 12.4 Å². The minimum atomic E-state index is 0. The number of hydrogen-bond donors (Lipinski definition) is 1. The number of piperidine rings is 1. The molecule has 1 aromatic heterocycles. The van der Waals surface area contributed by atoms with Gasteiger partial charge in [0.25, 0.3) is 0 Å². The van der Waals surface area contributed by atoms with Gasteiger partial charge in [-0.3, -0.25) is 0 Å². The monoisotopic (exact) mass is 231 g/mol. The molecule has 0 aliphatic carbocycles. The van der Waals surface area contributed by atoms with Crippen molar-refractivity contribution in [2.45, 2.75) is 25.8 Å². The summed E-state index contributed by atoms with van der Waals surface area (Å²) in [5, 5.41) is 7.35. The highest BCUT2D eigenvalue weighted by atomic mass is 35.5. The second-order valence-electron chi connectivity index (χ2n) is 3.90. The number of anilines is 1. The summed E-state index contributed by atoms with van der Waals surface area (Å²) < 4.78 is 4.96. The molecule has 0 saturated carbocycles. The third-order valence-electron chi connectivity index (χ3n) is 2.85. The molecule has 1 saturated heterocycles. The molecule has 1 N–H and O–H groups in total. The molecule has 4 nitrogen and oxygen atoms in total. The molecule has 1 aromatic rings. The molecule has 1 aliphatic heterocycles. The van der Waals surface area contributed by atoms with E-state index in [9.17, 15) is 0 Å². The standard InChI is InChI=1S/C10H17N3O.ClH/c1-8-7-14-12-10(8)13-5-3-4-9(6-13)11-2;/h7,9,11H,3-6H2,1-2H3;1H/t9-;/m1./s1. The number of aromatic nitrogens is 1. The van der Waals surface area contributed by atoms with E-state index >= 15 is 0 Å². The number of halogens is 1. The molecule has 86 valence electrons. The highest BCUT2D eigenvalue weighted by molar-refractivity contribution is 5.85. The van der Waals surface area contributed by atoms with Gasteiger partial charge in [0.1, 0.15) is 6.26 Å². The van der Waals surface area contributed by atoms with Crippen LogP contribution in [0.15, 0.2) is 10.8 Å². The molecule has 0 spiro atoms. The van der Waals surface area contributed by atoms with Gasteiger partial charge in [-0.15, -0.1) is 12.4 Å². The number of aryl methyl sites for hydroxylation is 1. The van der Waals surface area contributed by atoms with E-state index in [1.165, 1.54) is 12.8 Å². The minimum absolute atomic E-state index is 0. The quantitative estimate of drug-likeness (QED) is 0.840. The zero-order valence-electron chi connectivity index (χ0n) is 9.19. The maximum Gasteiger partial charge on any atom is 0.174 e. The molecule has 0 aromatic carbocycles. The Morgan fingerprint density at radius 1 is 1.60 bits per heavy atom. The summed E-state index contributed by atoms with van der Waals surface area (Å²) in [5.41, 5.74) is 1.13. The highest BCUT2D eigenvalue weighted by Gasteiger charge is 2.21. The van der Waals surface area contributed by atoms with Crippen molar-refractivity contribution in [1.29, 1.82) is 0 Å². The van der Waals surface area contributed by atoms with Gasteiger partial charge in [0.05, 0.1) is 0 Å². The van der Waals surface area contributed by atoms with Gasteiger partial charge in [-0.05, 0) is 26.8 Å². The second kappa shape index (κ2) is 5.37. The van der Waals surface area contributed by atoms with Gasteiger partial charge in [0.15, 0.2) is 5.82 Å². The number of likely N-dealkylation sites (N-methyl/N-ethyl adjacent to an activating group) is 1. The van der Waals surface area contributed by atoms with E-state index in [2.05, 4.69) is 15.4 Å². The average molecular weight is 232 g/mol. The Bertz CT molecular complexity index is 303. The molecule has 1 aliphatic rings. The maximum absolute atomic E-state index is 4.96. The summed E-state index contributed by atoms with van der Waals surface area (Å²) in [5.74, 6) is 1.00. The van der Waals surface area contributed by atoms with Crippen LogP contribution in [0.2, 0.25) is 0 Å². The Kier molecular flexibility index (Phi) is 4.42. The van der Waals surface area contributed by atoms with Gasteiger partial charge in [-0.1, -0.05) is 5.16 Å². The van der Waals surface area contributed by atoms with E-state index in [0.29, 0.717) is 6.04 Å². The molecule has 0 bridgehead atoms. The zero-order chi connectivity index (χ0) is 9.97. The Morgan fingerprint density at radius 3 is 3.00 bits per heavy atom. The number of nitrogens with zero attached hydrogens (tertiary/aromatic N) is 2. The molecule has 1 atom stereocenters. The lowest BCUT2D eigenvalue weighted by molar-refractivity contribution is 0.406. The SMILES string of the molecule is CN[C@@H]1CCCN(c2nocc2C)C1.Cl. The van der Waals surface area contributed by atoms with Gasteiger partial charge in [-0.2, -0.15) is 0 Å². The normalized spacial score (nSPS) is 21.2. The van der Waals surface area contributed by atoms with Crippen molar-refractivity contribution in [1.82, 2.24) is 10.5 Å². The predicted octanol–water partition coefficient (Wildman–Crippen LogP) is 1.59. The molecule has 0 unspecified atom stereocenters. The molecular formula is C10H18ClN3O. The first-order valence-electron chi connectivity index (χ1n) is 5.14. The van der Waals surface area contributed by atoms with Crippen molar-refractivity contribution in [2.24, 2.45) is 0 Å². The third kappa shape index (κ3) is 2.63. The summed E-state index contributed by atoms with van der Waals surface area (Å²) >= 11 is 0. The van der Waals surface area contributed by atoms with Crippen LogP contribution in [0.5, 0.6) is 0 Å². The van der Waals surface area contributed by atoms with Crippen LogP contribution in [-0.4, -0.2) is 31.3 Å². The first-order valence-corrected chi connectivity index (χ1v) is 5.14.